The number of carbonyl (C=O) groups excluding carboxylic acids is 1. The number of halogens is 2. The van der Waals surface area contributed by atoms with E-state index in [4.69, 9.17) is 16.0 Å². The lowest BCUT2D eigenvalue weighted by molar-refractivity contribution is 0.0511. The van der Waals surface area contributed by atoms with Crippen molar-refractivity contribution in [2.75, 3.05) is 0 Å². The number of furan rings is 1. The average molecular weight is 455 g/mol. The van der Waals surface area contributed by atoms with E-state index < -0.39 is 11.9 Å². The summed E-state index contributed by atoms with van der Waals surface area (Å²) in [7, 11) is 0. The van der Waals surface area contributed by atoms with Crippen LogP contribution in [0.4, 0.5) is 4.39 Å². The van der Waals surface area contributed by atoms with Crippen molar-refractivity contribution in [1.82, 2.24) is 19.0 Å². The predicted octanol–water partition coefficient (Wildman–Crippen LogP) is 4.49. The van der Waals surface area contributed by atoms with E-state index in [-0.39, 0.29) is 28.1 Å². The maximum Gasteiger partial charge on any atom is 0.275 e. The highest BCUT2D eigenvalue weighted by Gasteiger charge is 2.36. The SMILES string of the molecule is Cc1cn(-c2ccc3n(c2=O)CC(C)N(C(C)c2coc4c(F)cc(Cl)cc24)C3=O)cn1. The predicted molar refractivity (Wildman–Crippen MR) is 118 cm³/mol. The molecule has 0 spiro atoms. The Morgan fingerprint density at radius 3 is 2.78 bits per heavy atom. The van der Waals surface area contributed by atoms with Crippen molar-refractivity contribution in [1.29, 1.82) is 0 Å². The first-order chi connectivity index (χ1) is 15.3. The molecule has 0 fully saturated rings. The van der Waals surface area contributed by atoms with Crippen LogP contribution < -0.4 is 5.56 Å². The summed E-state index contributed by atoms with van der Waals surface area (Å²) < 4.78 is 22.8. The van der Waals surface area contributed by atoms with Crippen LogP contribution in [0.2, 0.25) is 5.02 Å². The Labute approximate surface area is 187 Å². The number of aryl methyl sites for hydroxylation is 1. The third-order valence-corrected chi connectivity index (χ3v) is 6.23. The number of amides is 1. The molecule has 1 aromatic carbocycles. The van der Waals surface area contributed by atoms with Crippen LogP contribution in [0.3, 0.4) is 0 Å². The molecule has 2 unspecified atom stereocenters. The van der Waals surface area contributed by atoms with Crippen LogP contribution in [0.15, 0.2) is 52.3 Å². The number of hydrogen-bond donors (Lipinski definition) is 0. The molecule has 0 saturated heterocycles. The van der Waals surface area contributed by atoms with Crippen molar-refractivity contribution >= 4 is 28.5 Å². The van der Waals surface area contributed by atoms with E-state index in [1.54, 1.807) is 40.2 Å². The van der Waals surface area contributed by atoms with E-state index in [0.29, 0.717) is 28.9 Å². The zero-order valence-corrected chi connectivity index (χ0v) is 18.4. The highest BCUT2D eigenvalue weighted by atomic mass is 35.5. The Bertz CT molecular complexity index is 1440. The van der Waals surface area contributed by atoms with Crippen molar-refractivity contribution in [3.63, 3.8) is 0 Å². The standard InChI is InChI=1S/C23H20ClFN4O3/c1-12-8-27(11-26-12)19-4-5-20-23(31)29(13(2)9-28(20)22(19)30)14(3)17-10-32-21-16(17)6-15(24)7-18(21)25/h4-8,10-11,13-14H,9H2,1-3H3. The Morgan fingerprint density at radius 2 is 2.06 bits per heavy atom. The van der Waals surface area contributed by atoms with Gasteiger partial charge in [-0.25, -0.2) is 9.37 Å². The normalized spacial score (nSPS) is 17.1. The van der Waals surface area contributed by atoms with Crippen LogP contribution in [0, 0.1) is 12.7 Å². The first-order valence-electron chi connectivity index (χ1n) is 10.2. The smallest absolute Gasteiger partial charge is 0.275 e. The van der Waals surface area contributed by atoms with Crippen molar-refractivity contribution in [2.45, 2.75) is 39.4 Å². The summed E-state index contributed by atoms with van der Waals surface area (Å²) >= 11 is 6.05. The number of hydrogen-bond acceptors (Lipinski definition) is 4. The van der Waals surface area contributed by atoms with Gasteiger partial charge < -0.3 is 18.5 Å². The molecule has 4 heterocycles. The zero-order valence-electron chi connectivity index (χ0n) is 17.7. The van der Waals surface area contributed by atoms with Gasteiger partial charge in [-0.2, -0.15) is 0 Å². The van der Waals surface area contributed by atoms with E-state index in [0.717, 1.165) is 5.69 Å². The molecule has 0 saturated carbocycles. The number of benzene rings is 1. The first kappa shape index (κ1) is 20.5. The molecular weight excluding hydrogens is 435 g/mol. The molecule has 1 aliphatic heterocycles. The molecule has 2 atom stereocenters. The van der Waals surface area contributed by atoms with Gasteiger partial charge in [0.2, 0.25) is 0 Å². The molecule has 32 heavy (non-hydrogen) atoms. The van der Waals surface area contributed by atoms with Crippen LogP contribution in [0.1, 0.15) is 41.6 Å². The van der Waals surface area contributed by atoms with E-state index in [9.17, 15) is 14.0 Å². The minimum Gasteiger partial charge on any atom is -0.461 e. The third kappa shape index (κ3) is 3.05. The Balaban J connectivity index is 1.56. The second kappa shape index (κ2) is 7.34. The molecule has 5 rings (SSSR count). The first-order valence-corrected chi connectivity index (χ1v) is 10.6. The average Bonchev–Trinajstić information content (AvgIpc) is 3.35. The monoisotopic (exact) mass is 454 g/mol. The van der Waals surface area contributed by atoms with Crippen LogP contribution in [0.25, 0.3) is 16.7 Å². The van der Waals surface area contributed by atoms with Crippen LogP contribution in [0.5, 0.6) is 0 Å². The second-order valence-corrected chi connectivity index (χ2v) is 8.57. The van der Waals surface area contributed by atoms with Gasteiger partial charge in [-0.1, -0.05) is 11.6 Å². The second-order valence-electron chi connectivity index (χ2n) is 8.13. The molecule has 164 valence electrons. The number of rotatable bonds is 3. The van der Waals surface area contributed by atoms with Gasteiger partial charge in [0.1, 0.15) is 11.4 Å². The molecule has 0 bridgehead atoms. The van der Waals surface area contributed by atoms with Gasteiger partial charge in [0.15, 0.2) is 11.4 Å². The number of pyridine rings is 1. The maximum absolute atomic E-state index is 14.2. The van der Waals surface area contributed by atoms with Gasteiger partial charge in [0, 0.05) is 34.8 Å². The highest BCUT2D eigenvalue weighted by Crippen LogP contribution is 2.36. The molecule has 3 aromatic heterocycles. The summed E-state index contributed by atoms with van der Waals surface area (Å²) in [5.74, 6) is -0.832. The largest absolute Gasteiger partial charge is 0.461 e. The van der Waals surface area contributed by atoms with Gasteiger partial charge in [0.25, 0.3) is 11.5 Å². The van der Waals surface area contributed by atoms with Crippen LogP contribution in [-0.2, 0) is 6.54 Å². The summed E-state index contributed by atoms with van der Waals surface area (Å²) in [6.07, 6.45) is 4.80. The number of imidazole rings is 1. The summed E-state index contributed by atoms with van der Waals surface area (Å²) in [5.41, 5.74) is 2.03. The molecule has 9 heteroatoms. The Kier molecular flexibility index (Phi) is 4.70. The Hall–Kier alpha value is -3.39. The van der Waals surface area contributed by atoms with Crippen LogP contribution in [-0.4, -0.2) is 31.0 Å². The lowest BCUT2D eigenvalue weighted by Gasteiger charge is -2.39. The van der Waals surface area contributed by atoms with Gasteiger partial charge >= 0.3 is 0 Å². The summed E-state index contributed by atoms with van der Waals surface area (Å²) in [6.45, 7) is 5.91. The Morgan fingerprint density at radius 1 is 1.28 bits per heavy atom. The van der Waals surface area contributed by atoms with Gasteiger partial charge in [-0.3, -0.25) is 9.59 Å². The molecule has 0 radical (unpaired) electrons. The van der Waals surface area contributed by atoms with Crippen molar-refractivity contribution < 1.29 is 13.6 Å². The fourth-order valence-corrected chi connectivity index (χ4v) is 4.69. The number of nitrogens with zero attached hydrogens (tertiary/aromatic N) is 4. The van der Waals surface area contributed by atoms with E-state index in [2.05, 4.69) is 4.98 Å². The minimum absolute atomic E-state index is 0.102. The molecule has 0 aliphatic carbocycles. The van der Waals surface area contributed by atoms with E-state index in [1.165, 1.54) is 16.9 Å². The molecule has 4 aromatic rings. The molecule has 1 aliphatic rings. The lowest BCUT2D eigenvalue weighted by atomic mass is 10.0. The zero-order chi connectivity index (χ0) is 22.7. The molecule has 7 nitrogen and oxygen atoms in total. The number of fused-ring (bicyclic) bond motifs is 2. The van der Waals surface area contributed by atoms with E-state index >= 15 is 0 Å². The highest BCUT2D eigenvalue weighted by molar-refractivity contribution is 6.31. The van der Waals surface area contributed by atoms with Gasteiger partial charge in [-0.15, -0.1) is 0 Å². The number of carbonyl (C=O) groups is 1. The fraction of sp³-hybridized carbons (Fsp3) is 0.261. The number of aromatic nitrogens is 3. The van der Waals surface area contributed by atoms with Crippen molar-refractivity contribution in [3.8, 4) is 5.69 Å². The van der Waals surface area contributed by atoms with Gasteiger partial charge in [0.05, 0.1) is 24.3 Å². The van der Waals surface area contributed by atoms with Crippen molar-refractivity contribution in [2.24, 2.45) is 0 Å². The van der Waals surface area contributed by atoms with Crippen molar-refractivity contribution in [3.05, 3.63) is 81.2 Å². The quantitative estimate of drug-likeness (QED) is 0.457. The topological polar surface area (TPSA) is 73.3 Å². The maximum atomic E-state index is 14.2. The fourth-order valence-electron chi connectivity index (χ4n) is 4.48. The van der Waals surface area contributed by atoms with Gasteiger partial charge in [-0.05, 0) is 45.0 Å². The van der Waals surface area contributed by atoms with Crippen LogP contribution >= 0.6 is 11.6 Å². The minimum atomic E-state index is -0.553. The van der Waals surface area contributed by atoms with E-state index in [1.807, 2.05) is 20.8 Å². The third-order valence-electron chi connectivity index (χ3n) is 6.01. The summed E-state index contributed by atoms with van der Waals surface area (Å²) in [5, 5.41) is 0.776. The molecular formula is C23H20ClFN4O3. The summed E-state index contributed by atoms with van der Waals surface area (Å²) in [6, 6.07) is 5.41. The summed E-state index contributed by atoms with van der Waals surface area (Å²) in [4.78, 5) is 32.5. The lowest BCUT2D eigenvalue weighted by Crippen LogP contribution is -2.50. The molecule has 0 N–H and O–H groups in total. The molecule has 1 amide bonds.